The SMILES string of the molecule is CC(C)CCS(=O)(=O)Nc1ccc(C=CC(=O)O)c(F)c1. The molecule has 0 unspecified atom stereocenters. The quantitative estimate of drug-likeness (QED) is 0.758. The molecule has 0 radical (unpaired) electrons. The van der Waals surface area contributed by atoms with Gasteiger partial charge in [0.2, 0.25) is 10.0 Å². The lowest BCUT2D eigenvalue weighted by Crippen LogP contribution is -2.18. The van der Waals surface area contributed by atoms with Crippen LogP contribution in [0.1, 0.15) is 25.8 Å². The van der Waals surface area contributed by atoms with E-state index in [0.717, 1.165) is 18.2 Å². The third-order valence-corrected chi connectivity index (χ3v) is 3.96. The lowest BCUT2D eigenvalue weighted by Gasteiger charge is -2.10. The molecule has 0 spiro atoms. The number of sulfonamides is 1. The molecule has 1 rings (SSSR count). The maximum absolute atomic E-state index is 13.7. The second kappa shape index (κ2) is 7.21. The molecule has 0 aromatic heterocycles. The molecule has 0 saturated carbocycles. The number of hydrogen-bond donors (Lipinski definition) is 2. The second-order valence-electron chi connectivity index (χ2n) is 5.01. The zero-order valence-electron chi connectivity index (χ0n) is 11.8. The Labute approximate surface area is 123 Å². The monoisotopic (exact) mass is 315 g/mol. The highest BCUT2D eigenvalue weighted by atomic mass is 32.2. The van der Waals surface area contributed by atoms with Gasteiger partial charge in [0.05, 0.1) is 11.4 Å². The Hall–Kier alpha value is -1.89. The minimum atomic E-state index is -3.51. The van der Waals surface area contributed by atoms with Crippen LogP contribution in [0.4, 0.5) is 10.1 Å². The maximum atomic E-state index is 13.7. The normalized spacial score (nSPS) is 12.0. The third kappa shape index (κ3) is 6.40. The topological polar surface area (TPSA) is 83.5 Å². The van der Waals surface area contributed by atoms with Gasteiger partial charge in [-0.25, -0.2) is 17.6 Å². The minimum absolute atomic E-state index is 0.0348. The van der Waals surface area contributed by atoms with Crippen LogP contribution in [0.2, 0.25) is 0 Å². The van der Waals surface area contributed by atoms with Crippen molar-refractivity contribution in [3.8, 4) is 0 Å². The zero-order chi connectivity index (χ0) is 16.0. The van der Waals surface area contributed by atoms with Crippen molar-refractivity contribution < 1.29 is 22.7 Å². The average Bonchev–Trinajstić information content (AvgIpc) is 2.35. The molecule has 21 heavy (non-hydrogen) atoms. The summed E-state index contributed by atoms with van der Waals surface area (Å²) in [5, 5.41) is 8.48. The van der Waals surface area contributed by atoms with Crippen molar-refractivity contribution in [2.75, 3.05) is 10.5 Å². The predicted molar refractivity (Wildman–Crippen MR) is 79.9 cm³/mol. The molecule has 0 fully saturated rings. The number of carbonyl (C=O) groups is 1. The molecule has 0 aliphatic rings. The second-order valence-corrected chi connectivity index (χ2v) is 6.85. The van der Waals surface area contributed by atoms with Gasteiger partial charge in [0.1, 0.15) is 5.82 Å². The van der Waals surface area contributed by atoms with Crippen LogP contribution in [-0.4, -0.2) is 25.2 Å². The summed E-state index contributed by atoms with van der Waals surface area (Å²) >= 11 is 0. The molecule has 5 nitrogen and oxygen atoms in total. The van der Waals surface area contributed by atoms with Crippen LogP contribution in [0.25, 0.3) is 6.08 Å². The number of halogens is 1. The van der Waals surface area contributed by atoms with Gasteiger partial charge in [-0.05, 0) is 36.6 Å². The Morgan fingerprint density at radius 1 is 1.43 bits per heavy atom. The highest BCUT2D eigenvalue weighted by Gasteiger charge is 2.12. The van der Waals surface area contributed by atoms with Crippen LogP contribution in [-0.2, 0) is 14.8 Å². The highest BCUT2D eigenvalue weighted by molar-refractivity contribution is 7.92. The molecule has 0 bridgehead atoms. The minimum Gasteiger partial charge on any atom is -0.478 e. The molecule has 0 aliphatic carbocycles. The van der Waals surface area contributed by atoms with Crippen molar-refractivity contribution in [2.45, 2.75) is 20.3 Å². The number of anilines is 1. The lowest BCUT2D eigenvalue weighted by atomic mass is 10.2. The van der Waals surface area contributed by atoms with Gasteiger partial charge in [0, 0.05) is 11.6 Å². The third-order valence-electron chi connectivity index (χ3n) is 2.64. The fraction of sp³-hybridized carbons (Fsp3) is 0.357. The van der Waals surface area contributed by atoms with Crippen molar-refractivity contribution >= 4 is 27.8 Å². The molecule has 7 heteroatoms. The Bertz CT molecular complexity index is 638. The van der Waals surface area contributed by atoms with Gasteiger partial charge < -0.3 is 5.11 Å². The summed E-state index contributed by atoms with van der Waals surface area (Å²) in [4.78, 5) is 10.4. The van der Waals surface area contributed by atoms with E-state index in [1.165, 1.54) is 12.1 Å². The molecular formula is C14H18FNO4S. The van der Waals surface area contributed by atoms with E-state index in [2.05, 4.69) is 4.72 Å². The molecule has 0 aliphatic heterocycles. The molecular weight excluding hydrogens is 297 g/mol. The van der Waals surface area contributed by atoms with E-state index in [1.807, 2.05) is 13.8 Å². The molecule has 0 amide bonds. The first-order valence-electron chi connectivity index (χ1n) is 6.40. The Morgan fingerprint density at radius 2 is 2.10 bits per heavy atom. The van der Waals surface area contributed by atoms with Crippen molar-refractivity contribution in [2.24, 2.45) is 5.92 Å². The first kappa shape index (κ1) is 17.2. The van der Waals surface area contributed by atoms with E-state index >= 15 is 0 Å². The molecule has 0 atom stereocenters. The summed E-state index contributed by atoms with van der Waals surface area (Å²) < 4.78 is 39.6. The summed E-state index contributed by atoms with van der Waals surface area (Å²) in [6.07, 6.45) is 2.43. The zero-order valence-corrected chi connectivity index (χ0v) is 12.7. The van der Waals surface area contributed by atoms with Gasteiger partial charge in [-0.2, -0.15) is 0 Å². The summed E-state index contributed by atoms with van der Waals surface area (Å²) in [6.45, 7) is 3.83. The van der Waals surface area contributed by atoms with E-state index in [0.29, 0.717) is 6.42 Å². The van der Waals surface area contributed by atoms with Crippen molar-refractivity contribution in [3.63, 3.8) is 0 Å². The Balaban J connectivity index is 2.82. The van der Waals surface area contributed by atoms with Crippen molar-refractivity contribution in [3.05, 3.63) is 35.7 Å². The molecule has 0 heterocycles. The Kier molecular flexibility index (Phi) is 5.90. The van der Waals surface area contributed by atoms with Crippen LogP contribution < -0.4 is 4.72 Å². The van der Waals surface area contributed by atoms with Crippen LogP contribution in [0.5, 0.6) is 0 Å². The highest BCUT2D eigenvalue weighted by Crippen LogP contribution is 2.17. The van der Waals surface area contributed by atoms with Crippen molar-refractivity contribution in [1.82, 2.24) is 0 Å². The molecule has 116 valence electrons. The first-order valence-corrected chi connectivity index (χ1v) is 8.06. The standard InChI is InChI=1S/C14H18FNO4S/c1-10(2)7-8-21(19,20)16-12-5-3-11(13(15)9-12)4-6-14(17)18/h3-6,9-10,16H,7-8H2,1-2H3,(H,17,18). The smallest absolute Gasteiger partial charge is 0.328 e. The predicted octanol–water partition coefficient (Wildman–Crippen LogP) is 2.71. The molecule has 2 N–H and O–H groups in total. The van der Waals surface area contributed by atoms with Gasteiger partial charge >= 0.3 is 5.97 Å². The molecule has 1 aromatic rings. The number of carboxylic acids is 1. The largest absolute Gasteiger partial charge is 0.478 e. The number of benzene rings is 1. The number of aliphatic carboxylic acids is 1. The summed E-state index contributed by atoms with van der Waals surface area (Å²) in [5.41, 5.74) is 0.186. The molecule has 0 saturated heterocycles. The van der Waals surface area contributed by atoms with E-state index in [1.54, 1.807) is 0 Å². The van der Waals surface area contributed by atoms with E-state index < -0.39 is 21.8 Å². The first-order chi connectivity index (χ1) is 9.69. The number of carboxylic acid groups (broad SMARTS) is 1. The summed E-state index contributed by atoms with van der Waals surface area (Å²) in [6, 6.07) is 3.72. The summed E-state index contributed by atoms with van der Waals surface area (Å²) in [5.74, 6) is -1.67. The van der Waals surface area contributed by atoms with Crippen molar-refractivity contribution in [1.29, 1.82) is 0 Å². The number of rotatable bonds is 7. The fourth-order valence-corrected chi connectivity index (χ4v) is 2.88. The van der Waals surface area contributed by atoms with Gasteiger partial charge in [-0.1, -0.05) is 13.8 Å². The van der Waals surface area contributed by atoms with Crippen LogP contribution >= 0.6 is 0 Å². The van der Waals surface area contributed by atoms with Crippen LogP contribution in [0.3, 0.4) is 0 Å². The summed E-state index contributed by atoms with van der Waals surface area (Å²) in [7, 11) is -3.51. The van der Waals surface area contributed by atoms with Gasteiger partial charge in [0.15, 0.2) is 0 Å². The molecule has 1 aromatic carbocycles. The van der Waals surface area contributed by atoms with Gasteiger partial charge in [-0.3, -0.25) is 4.72 Å². The number of nitrogens with one attached hydrogen (secondary N) is 1. The van der Waals surface area contributed by atoms with E-state index in [9.17, 15) is 17.6 Å². The van der Waals surface area contributed by atoms with E-state index in [-0.39, 0.29) is 22.9 Å². The lowest BCUT2D eigenvalue weighted by molar-refractivity contribution is -0.131. The number of hydrogen-bond acceptors (Lipinski definition) is 3. The maximum Gasteiger partial charge on any atom is 0.328 e. The van der Waals surface area contributed by atoms with Gasteiger partial charge in [-0.15, -0.1) is 0 Å². The van der Waals surface area contributed by atoms with Gasteiger partial charge in [0.25, 0.3) is 0 Å². The van der Waals surface area contributed by atoms with Crippen LogP contribution in [0, 0.1) is 11.7 Å². The van der Waals surface area contributed by atoms with E-state index in [4.69, 9.17) is 5.11 Å². The fourth-order valence-electron chi connectivity index (χ4n) is 1.51. The Morgan fingerprint density at radius 3 is 2.62 bits per heavy atom. The average molecular weight is 315 g/mol. The van der Waals surface area contributed by atoms with Crippen LogP contribution in [0.15, 0.2) is 24.3 Å².